The van der Waals surface area contributed by atoms with Gasteiger partial charge in [-0.05, 0) is 38.0 Å². The molecule has 1 aromatic heterocycles. The number of amides is 1. The summed E-state index contributed by atoms with van der Waals surface area (Å²) in [5.41, 5.74) is 4.34. The fourth-order valence-corrected chi connectivity index (χ4v) is 2.49. The van der Waals surface area contributed by atoms with Crippen molar-refractivity contribution in [2.45, 2.75) is 33.1 Å². The van der Waals surface area contributed by atoms with E-state index in [0.29, 0.717) is 12.1 Å². The third kappa shape index (κ3) is 4.42. The summed E-state index contributed by atoms with van der Waals surface area (Å²) in [6, 6.07) is 7.27. The van der Waals surface area contributed by atoms with Crippen LogP contribution < -0.4 is 5.32 Å². The summed E-state index contributed by atoms with van der Waals surface area (Å²) in [6.07, 6.45) is 0.788. The number of carbonyl (C=O) groups excluding carboxylic acids is 1. The van der Waals surface area contributed by atoms with Gasteiger partial charge in [0.05, 0.1) is 12.1 Å². The van der Waals surface area contributed by atoms with Crippen LogP contribution in [0.3, 0.4) is 0 Å². The van der Waals surface area contributed by atoms with Gasteiger partial charge in [0.25, 0.3) is 0 Å². The van der Waals surface area contributed by atoms with Gasteiger partial charge in [-0.15, -0.1) is 0 Å². The average molecular weight is 315 g/mol. The van der Waals surface area contributed by atoms with Crippen LogP contribution in [0.5, 0.6) is 0 Å². The Kier molecular flexibility index (Phi) is 5.16. The Balaban J connectivity index is 2.02. The summed E-state index contributed by atoms with van der Waals surface area (Å²) in [5.74, 6) is -0.943. The van der Waals surface area contributed by atoms with E-state index in [0.717, 1.165) is 22.5 Å². The topological polar surface area (TPSA) is 84.2 Å². The largest absolute Gasteiger partial charge is 0.481 e. The van der Waals surface area contributed by atoms with Gasteiger partial charge in [0.1, 0.15) is 0 Å². The van der Waals surface area contributed by atoms with E-state index in [2.05, 4.69) is 10.4 Å². The minimum atomic E-state index is -0.832. The lowest BCUT2D eigenvalue weighted by Gasteiger charge is -2.07. The first-order valence-electron chi connectivity index (χ1n) is 7.46. The summed E-state index contributed by atoms with van der Waals surface area (Å²) in [4.78, 5) is 22.9. The molecule has 0 saturated heterocycles. The lowest BCUT2D eigenvalue weighted by Crippen LogP contribution is -2.15. The van der Waals surface area contributed by atoms with Crippen LogP contribution >= 0.6 is 0 Å². The molecule has 0 unspecified atom stereocenters. The Morgan fingerprint density at radius 3 is 2.65 bits per heavy atom. The number of anilines is 1. The molecule has 6 nitrogen and oxygen atoms in total. The number of nitrogens with one attached hydrogen (secondary N) is 1. The third-order valence-corrected chi connectivity index (χ3v) is 3.83. The molecule has 0 spiro atoms. The van der Waals surface area contributed by atoms with Crippen molar-refractivity contribution in [3.05, 3.63) is 46.8 Å². The van der Waals surface area contributed by atoms with Crippen LogP contribution in [0, 0.1) is 13.8 Å². The predicted octanol–water partition coefficient (Wildman–Crippen LogP) is 2.24. The molecule has 0 aliphatic rings. The van der Waals surface area contributed by atoms with E-state index in [9.17, 15) is 9.59 Å². The number of aliphatic carboxylic acids is 1. The Labute approximate surface area is 135 Å². The minimum absolute atomic E-state index is 0.0749. The van der Waals surface area contributed by atoms with Gasteiger partial charge < -0.3 is 10.4 Å². The van der Waals surface area contributed by atoms with Crippen LogP contribution in [-0.2, 0) is 29.5 Å². The fraction of sp³-hybridized carbons (Fsp3) is 0.353. The molecule has 1 heterocycles. The summed E-state index contributed by atoms with van der Waals surface area (Å²) in [5, 5.41) is 15.9. The Hall–Kier alpha value is -2.63. The highest BCUT2D eigenvalue weighted by Crippen LogP contribution is 2.16. The highest BCUT2D eigenvalue weighted by atomic mass is 16.4. The molecule has 0 radical (unpaired) electrons. The molecule has 2 rings (SSSR count). The summed E-state index contributed by atoms with van der Waals surface area (Å²) >= 11 is 0. The lowest BCUT2D eigenvalue weighted by molar-refractivity contribution is -0.137. The number of aromatic nitrogens is 2. The molecular weight excluding hydrogens is 294 g/mol. The zero-order valence-corrected chi connectivity index (χ0v) is 13.6. The normalized spacial score (nSPS) is 10.6. The van der Waals surface area contributed by atoms with Crippen molar-refractivity contribution in [2.24, 2.45) is 7.05 Å². The van der Waals surface area contributed by atoms with Crippen molar-refractivity contribution in [3.63, 3.8) is 0 Å². The second kappa shape index (κ2) is 7.09. The number of hydrogen-bond acceptors (Lipinski definition) is 3. The molecule has 0 aliphatic heterocycles. The van der Waals surface area contributed by atoms with Crippen LogP contribution in [-0.4, -0.2) is 26.8 Å². The van der Waals surface area contributed by atoms with E-state index in [1.165, 1.54) is 0 Å². The number of nitrogens with zero attached hydrogens (tertiary/aromatic N) is 2. The Morgan fingerprint density at radius 1 is 1.30 bits per heavy atom. The smallest absolute Gasteiger partial charge is 0.303 e. The van der Waals surface area contributed by atoms with Gasteiger partial charge in [-0.3, -0.25) is 14.3 Å². The molecule has 0 saturated carbocycles. The van der Waals surface area contributed by atoms with E-state index in [1.807, 2.05) is 39.1 Å². The molecule has 2 N–H and O–H groups in total. The van der Waals surface area contributed by atoms with Crippen LogP contribution in [0.15, 0.2) is 24.3 Å². The summed E-state index contributed by atoms with van der Waals surface area (Å²) in [6.45, 7) is 3.83. The number of carboxylic acids is 1. The van der Waals surface area contributed by atoms with Crippen LogP contribution in [0.4, 0.5) is 5.69 Å². The van der Waals surface area contributed by atoms with Crippen molar-refractivity contribution in [2.75, 3.05) is 5.32 Å². The first kappa shape index (κ1) is 16.7. The minimum Gasteiger partial charge on any atom is -0.481 e. The number of carbonyl (C=O) groups is 2. The SMILES string of the molecule is Cc1nn(C)c(C)c1CC(=O)Nc1cccc(CCC(=O)O)c1. The monoisotopic (exact) mass is 315 g/mol. The van der Waals surface area contributed by atoms with Crippen LogP contribution in [0.2, 0.25) is 0 Å². The highest BCUT2D eigenvalue weighted by Gasteiger charge is 2.13. The van der Waals surface area contributed by atoms with Gasteiger partial charge in [-0.2, -0.15) is 5.10 Å². The molecule has 1 aromatic carbocycles. The number of hydrogen-bond donors (Lipinski definition) is 2. The standard InChI is InChI=1S/C17H21N3O3/c1-11-15(12(2)20(3)19-11)10-16(21)18-14-6-4-5-13(9-14)7-8-17(22)23/h4-6,9H,7-8,10H2,1-3H3,(H,18,21)(H,22,23). The van der Waals surface area contributed by atoms with E-state index < -0.39 is 5.97 Å². The molecule has 6 heteroatoms. The molecule has 122 valence electrons. The molecule has 2 aromatic rings. The van der Waals surface area contributed by atoms with Crippen molar-refractivity contribution in [3.8, 4) is 0 Å². The van der Waals surface area contributed by atoms with Crippen molar-refractivity contribution < 1.29 is 14.7 Å². The van der Waals surface area contributed by atoms with E-state index in [-0.39, 0.29) is 18.7 Å². The molecular formula is C17H21N3O3. The summed E-state index contributed by atoms with van der Waals surface area (Å²) < 4.78 is 1.77. The van der Waals surface area contributed by atoms with Gasteiger partial charge in [-0.25, -0.2) is 0 Å². The number of carboxylic acid groups (broad SMARTS) is 1. The van der Waals surface area contributed by atoms with Crippen LogP contribution in [0.1, 0.15) is 28.9 Å². The van der Waals surface area contributed by atoms with Crippen molar-refractivity contribution >= 4 is 17.6 Å². The maximum Gasteiger partial charge on any atom is 0.303 e. The van der Waals surface area contributed by atoms with E-state index in [4.69, 9.17) is 5.11 Å². The predicted molar refractivity (Wildman–Crippen MR) is 87.4 cm³/mol. The maximum absolute atomic E-state index is 12.2. The number of benzene rings is 1. The number of rotatable bonds is 6. The van der Waals surface area contributed by atoms with Gasteiger partial charge in [0, 0.05) is 30.4 Å². The second-order valence-electron chi connectivity index (χ2n) is 5.59. The lowest BCUT2D eigenvalue weighted by atomic mass is 10.1. The van der Waals surface area contributed by atoms with Gasteiger partial charge in [0.15, 0.2) is 0 Å². The van der Waals surface area contributed by atoms with Gasteiger partial charge >= 0.3 is 5.97 Å². The number of aryl methyl sites for hydroxylation is 3. The molecule has 0 fully saturated rings. The average Bonchev–Trinajstić information content (AvgIpc) is 2.72. The quantitative estimate of drug-likeness (QED) is 0.856. The highest BCUT2D eigenvalue weighted by molar-refractivity contribution is 5.92. The fourth-order valence-electron chi connectivity index (χ4n) is 2.49. The molecule has 1 amide bonds. The van der Waals surface area contributed by atoms with E-state index in [1.54, 1.807) is 10.7 Å². The van der Waals surface area contributed by atoms with Crippen molar-refractivity contribution in [1.29, 1.82) is 0 Å². The molecule has 0 aliphatic carbocycles. The maximum atomic E-state index is 12.2. The third-order valence-electron chi connectivity index (χ3n) is 3.83. The van der Waals surface area contributed by atoms with Gasteiger partial charge in [-0.1, -0.05) is 12.1 Å². The Morgan fingerprint density at radius 2 is 2.04 bits per heavy atom. The van der Waals surface area contributed by atoms with E-state index >= 15 is 0 Å². The molecule has 0 atom stereocenters. The van der Waals surface area contributed by atoms with Crippen LogP contribution in [0.25, 0.3) is 0 Å². The van der Waals surface area contributed by atoms with Gasteiger partial charge in [0.2, 0.25) is 5.91 Å². The zero-order valence-electron chi connectivity index (χ0n) is 13.6. The molecule has 0 bridgehead atoms. The zero-order chi connectivity index (χ0) is 17.0. The molecule has 23 heavy (non-hydrogen) atoms. The second-order valence-corrected chi connectivity index (χ2v) is 5.59. The Bertz CT molecular complexity index is 735. The van der Waals surface area contributed by atoms with Crippen molar-refractivity contribution in [1.82, 2.24) is 9.78 Å². The summed E-state index contributed by atoms with van der Waals surface area (Å²) in [7, 11) is 1.86. The first-order valence-corrected chi connectivity index (χ1v) is 7.46. The first-order chi connectivity index (χ1) is 10.9.